The van der Waals surface area contributed by atoms with E-state index >= 15 is 0 Å². The molecule has 5 nitrogen and oxygen atoms in total. The number of benzene rings is 1. The molecule has 2 atom stereocenters. The summed E-state index contributed by atoms with van der Waals surface area (Å²) in [4.78, 5) is 25.7. The van der Waals surface area contributed by atoms with Crippen LogP contribution in [0.2, 0.25) is 5.02 Å². The molecule has 1 aromatic rings. The monoisotopic (exact) mass is 296 g/mol. The summed E-state index contributed by atoms with van der Waals surface area (Å²) in [5, 5.41) is 0.354. The molecule has 20 heavy (non-hydrogen) atoms. The van der Waals surface area contributed by atoms with Gasteiger partial charge < -0.3 is 15.4 Å². The Morgan fingerprint density at radius 2 is 2.10 bits per heavy atom. The summed E-state index contributed by atoms with van der Waals surface area (Å²) in [6, 6.07) is 4.96. The van der Waals surface area contributed by atoms with E-state index in [-0.39, 0.29) is 29.4 Å². The SMILES string of the molecule is COC(=O)C1CN(C(=O)c2cccc(Cl)c2N)CC1C. The van der Waals surface area contributed by atoms with Crippen LogP contribution < -0.4 is 5.73 Å². The molecule has 1 aliphatic heterocycles. The van der Waals surface area contributed by atoms with Crippen molar-refractivity contribution in [1.82, 2.24) is 4.90 Å². The molecular formula is C14H17ClN2O3. The standard InChI is InChI=1S/C14H17ClN2O3/c1-8-6-17(7-10(8)14(19)20-2)13(18)9-4-3-5-11(15)12(9)16/h3-5,8,10H,6-7,16H2,1-2H3. The molecule has 0 spiro atoms. The zero-order chi connectivity index (χ0) is 14.9. The number of ether oxygens (including phenoxy) is 1. The second kappa shape index (κ2) is 5.71. The van der Waals surface area contributed by atoms with Gasteiger partial charge in [0.25, 0.3) is 5.91 Å². The van der Waals surface area contributed by atoms with Gasteiger partial charge in [0.1, 0.15) is 0 Å². The molecule has 1 fully saturated rings. The van der Waals surface area contributed by atoms with Crippen molar-refractivity contribution in [2.45, 2.75) is 6.92 Å². The van der Waals surface area contributed by atoms with Crippen LogP contribution in [0.25, 0.3) is 0 Å². The maximum absolute atomic E-state index is 12.5. The first-order chi connectivity index (χ1) is 9.45. The summed E-state index contributed by atoms with van der Waals surface area (Å²) >= 11 is 5.92. The Balaban J connectivity index is 2.19. The molecule has 0 aromatic heterocycles. The zero-order valence-electron chi connectivity index (χ0n) is 11.4. The number of esters is 1. The van der Waals surface area contributed by atoms with E-state index < -0.39 is 0 Å². The van der Waals surface area contributed by atoms with Crippen LogP contribution >= 0.6 is 11.6 Å². The van der Waals surface area contributed by atoms with E-state index in [2.05, 4.69) is 0 Å². The minimum Gasteiger partial charge on any atom is -0.469 e. The molecule has 0 aliphatic carbocycles. The highest BCUT2D eigenvalue weighted by molar-refractivity contribution is 6.33. The number of para-hydroxylation sites is 1. The number of hydrogen-bond acceptors (Lipinski definition) is 4. The minimum atomic E-state index is -0.288. The molecule has 1 saturated heterocycles. The number of likely N-dealkylation sites (tertiary alicyclic amines) is 1. The quantitative estimate of drug-likeness (QED) is 0.667. The number of nitrogen functional groups attached to an aromatic ring is 1. The van der Waals surface area contributed by atoms with Gasteiger partial charge in [-0.05, 0) is 18.1 Å². The number of amides is 1. The average molecular weight is 297 g/mol. The lowest BCUT2D eigenvalue weighted by Gasteiger charge is -2.17. The third-order valence-electron chi connectivity index (χ3n) is 3.69. The lowest BCUT2D eigenvalue weighted by Crippen LogP contribution is -2.30. The van der Waals surface area contributed by atoms with Gasteiger partial charge in [-0.3, -0.25) is 9.59 Å². The Bertz CT molecular complexity index is 547. The summed E-state index contributed by atoms with van der Waals surface area (Å²) in [6.45, 7) is 2.78. The highest BCUT2D eigenvalue weighted by Crippen LogP contribution is 2.28. The van der Waals surface area contributed by atoms with Crippen LogP contribution in [0.3, 0.4) is 0 Å². The van der Waals surface area contributed by atoms with E-state index in [4.69, 9.17) is 22.1 Å². The number of anilines is 1. The van der Waals surface area contributed by atoms with Crippen LogP contribution in [-0.2, 0) is 9.53 Å². The van der Waals surface area contributed by atoms with E-state index in [1.807, 2.05) is 6.92 Å². The Labute approximate surface area is 122 Å². The maximum atomic E-state index is 12.5. The second-order valence-corrected chi connectivity index (χ2v) is 5.43. The van der Waals surface area contributed by atoms with Gasteiger partial charge in [0.05, 0.1) is 29.3 Å². The van der Waals surface area contributed by atoms with E-state index in [1.165, 1.54) is 7.11 Å². The first-order valence-corrected chi connectivity index (χ1v) is 6.74. The highest BCUT2D eigenvalue weighted by Gasteiger charge is 2.38. The number of nitrogens with two attached hydrogens (primary N) is 1. The van der Waals surface area contributed by atoms with Gasteiger partial charge in [0.15, 0.2) is 0 Å². The van der Waals surface area contributed by atoms with Crippen LogP contribution in [0, 0.1) is 11.8 Å². The molecule has 1 heterocycles. The van der Waals surface area contributed by atoms with Gasteiger partial charge in [-0.1, -0.05) is 24.6 Å². The number of nitrogens with zero attached hydrogens (tertiary/aromatic N) is 1. The molecule has 0 saturated carbocycles. The molecule has 0 radical (unpaired) electrons. The van der Waals surface area contributed by atoms with Crippen LogP contribution in [0.4, 0.5) is 5.69 Å². The first-order valence-electron chi connectivity index (χ1n) is 6.36. The number of halogens is 1. The molecular weight excluding hydrogens is 280 g/mol. The molecule has 2 N–H and O–H groups in total. The van der Waals surface area contributed by atoms with Gasteiger partial charge in [-0.2, -0.15) is 0 Å². The largest absolute Gasteiger partial charge is 0.469 e. The summed E-state index contributed by atoms with van der Waals surface area (Å²) in [7, 11) is 1.36. The Morgan fingerprint density at radius 3 is 2.75 bits per heavy atom. The Hall–Kier alpha value is -1.75. The topological polar surface area (TPSA) is 72.6 Å². The lowest BCUT2D eigenvalue weighted by molar-refractivity contribution is -0.146. The predicted molar refractivity (Wildman–Crippen MR) is 76.4 cm³/mol. The normalized spacial score (nSPS) is 21.9. The molecule has 1 aliphatic rings. The third kappa shape index (κ3) is 2.58. The zero-order valence-corrected chi connectivity index (χ0v) is 12.2. The van der Waals surface area contributed by atoms with E-state index in [0.717, 1.165) is 0 Å². The van der Waals surface area contributed by atoms with Gasteiger partial charge in [0.2, 0.25) is 0 Å². The number of carbonyl (C=O) groups is 2. The summed E-state index contributed by atoms with van der Waals surface area (Å²) in [5.41, 5.74) is 6.48. The van der Waals surface area contributed by atoms with Crippen molar-refractivity contribution in [2.75, 3.05) is 25.9 Å². The number of carbonyl (C=O) groups excluding carboxylic acids is 2. The van der Waals surface area contributed by atoms with Crippen molar-refractivity contribution in [3.63, 3.8) is 0 Å². The fraction of sp³-hybridized carbons (Fsp3) is 0.429. The Morgan fingerprint density at radius 1 is 1.40 bits per heavy atom. The minimum absolute atomic E-state index is 0.0619. The molecule has 6 heteroatoms. The summed E-state index contributed by atoms with van der Waals surface area (Å²) in [6.07, 6.45) is 0. The predicted octanol–water partition coefficient (Wildman–Crippen LogP) is 1.80. The highest BCUT2D eigenvalue weighted by atomic mass is 35.5. The number of hydrogen-bond donors (Lipinski definition) is 1. The molecule has 108 valence electrons. The van der Waals surface area contributed by atoms with Crippen LogP contribution in [0.5, 0.6) is 0 Å². The molecule has 0 bridgehead atoms. The van der Waals surface area contributed by atoms with Gasteiger partial charge >= 0.3 is 5.97 Å². The molecule has 1 amide bonds. The molecule has 1 aromatic carbocycles. The van der Waals surface area contributed by atoms with Gasteiger partial charge in [0, 0.05) is 13.1 Å². The molecule has 2 unspecified atom stereocenters. The van der Waals surface area contributed by atoms with Crippen LogP contribution in [0.1, 0.15) is 17.3 Å². The number of methoxy groups -OCH3 is 1. The van der Waals surface area contributed by atoms with E-state index in [1.54, 1.807) is 23.1 Å². The van der Waals surface area contributed by atoms with Gasteiger partial charge in [-0.25, -0.2) is 0 Å². The molecule has 2 rings (SSSR count). The van der Waals surface area contributed by atoms with Crippen molar-refractivity contribution in [1.29, 1.82) is 0 Å². The lowest BCUT2D eigenvalue weighted by atomic mass is 9.99. The van der Waals surface area contributed by atoms with Crippen molar-refractivity contribution < 1.29 is 14.3 Å². The average Bonchev–Trinajstić information content (AvgIpc) is 2.82. The fourth-order valence-electron chi connectivity index (χ4n) is 2.48. The first kappa shape index (κ1) is 14.7. The number of rotatable bonds is 2. The fourth-order valence-corrected chi connectivity index (χ4v) is 2.66. The Kier molecular flexibility index (Phi) is 4.18. The smallest absolute Gasteiger partial charge is 0.310 e. The second-order valence-electron chi connectivity index (χ2n) is 5.02. The van der Waals surface area contributed by atoms with Crippen LogP contribution in [0.15, 0.2) is 18.2 Å². The van der Waals surface area contributed by atoms with Crippen molar-refractivity contribution in [3.8, 4) is 0 Å². The third-order valence-corrected chi connectivity index (χ3v) is 4.02. The van der Waals surface area contributed by atoms with Crippen molar-refractivity contribution >= 4 is 29.2 Å². The van der Waals surface area contributed by atoms with E-state index in [9.17, 15) is 9.59 Å². The van der Waals surface area contributed by atoms with Crippen molar-refractivity contribution in [3.05, 3.63) is 28.8 Å². The van der Waals surface area contributed by atoms with E-state index in [0.29, 0.717) is 23.7 Å². The van der Waals surface area contributed by atoms with Crippen molar-refractivity contribution in [2.24, 2.45) is 11.8 Å². The summed E-state index contributed by atoms with van der Waals surface area (Å²) in [5.74, 6) is -0.716. The van der Waals surface area contributed by atoms with Crippen LogP contribution in [-0.4, -0.2) is 37.0 Å². The van der Waals surface area contributed by atoms with Gasteiger partial charge in [-0.15, -0.1) is 0 Å². The summed E-state index contributed by atoms with van der Waals surface area (Å²) < 4.78 is 4.76. The maximum Gasteiger partial charge on any atom is 0.310 e.